The second-order valence-electron chi connectivity index (χ2n) is 5.96. The summed E-state index contributed by atoms with van der Waals surface area (Å²) in [5.41, 5.74) is 8.71. The van der Waals surface area contributed by atoms with Crippen LogP contribution in [0, 0.1) is 0 Å². The van der Waals surface area contributed by atoms with Gasteiger partial charge < -0.3 is 5.73 Å². The summed E-state index contributed by atoms with van der Waals surface area (Å²) in [5.74, 6) is 0. The van der Waals surface area contributed by atoms with Crippen molar-refractivity contribution in [3.8, 4) is 11.1 Å². The van der Waals surface area contributed by atoms with E-state index in [9.17, 15) is 0 Å². The Bertz CT molecular complexity index is 1100. The van der Waals surface area contributed by atoms with E-state index >= 15 is 0 Å². The Kier molecular flexibility index (Phi) is 4.82. The van der Waals surface area contributed by atoms with Crippen LogP contribution in [0.2, 0.25) is 10.0 Å². The molecule has 0 radical (unpaired) electrons. The monoisotopic (exact) mass is 395 g/mol. The molecule has 4 aromatic carbocycles. The Balaban J connectivity index is 1.87. The van der Waals surface area contributed by atoms with Crippen molar-refractivity contribution >= 4 is 51.4 Å². The number of nitrogens with two attached hydrogens (primary N) is 1. The highest BCUT2D eigenvalue weighted by Crippen LogP contribution is 2.42. The zero-order valence-corrected chi connectivity index (χ0v) is 16.1. The predicted octanol–water partition coefficient (Wildman–Crippen LogP) is 7.55. The third-order valence-electron chi connectivity index (χ3n) is 4.20. The molecule has 4 aromatic rings. The molecule has 128 valence electrons. The largest absolute Gasteiger partial charge is 0.399 e. The molecule has 4 rings (SSSR count). The van der Waals surface area contributed by atoms with Gasteiger partial charge in [0.05, 0.1) is 5.02 Å². The first-order valence-electron chi connectivity index (χ1n) is 8.12. The minimum atomic E-state index is 0.647. The molecule has 0 aliphatic heterocycles. The van der Waals surface area contributed by atoms with E-state index in [0.29, 0.717) is 15.7 Å². The summed E-state index contributed by atoms with van der Waals surface area (Å²) in [6, 6.07) is 26.2. The van der Waals surface area contributed by atoms with E-state index in [1.807, 2.05) is 36.4 Å². The van der Waals surface area contributed by atoms with Gasteiger partial charge >= 0.3 is 0 Å². The van der Waals surface area contributed by atoms with Gasteiger partial charge in [-0.1, -0.05) is 77.4 Å². The fourth-order valence-electron chi connectivity index (χ4n) is 2.98. The maximum atomic E-state index is 6.38. The summed E-state index contributed by atoms with van der Waals surface area (Å²) in [6.45, 7) is 0. The molecule has 0 bridgehead atoms. The van der Waals surface area contributed by atoms with Crippen molar-refractivity contribution in [2.75, 3.05) is 5.73 Å². The quantitative estimate of drug-likeness (QED) is 0.362. The van der Waals surface area contributed by atoms with Crippen LogP contribution in [-0.4, -0.2) is 0 Å². The zero-order valence-electron chi connectivity index (χ0n) is 13.7. The van der Waals surface area contributed by atoms with Crippen LogP contribution in [0.5, 0.6) is 0 Å². The van der Waals surface area contributed by atoms with E-state index in [-0.39, 0.29) is 0 Å². The highest BCUT2D eigenvalue weighted by Gasteiger charge is 2.12. The van der Waals surface area contributed by atoms with E-state index < -0.39 is 0 Å². The smallest absolute Gasteiger partial charge is 0.0565 e. The van der Waals surface area contributed by atoms with E-state index in [4.69, 9.17) is 28.9 Å². The second-order valence-corrected chi connectivity index (χ2v) is 7.89. The van der Waals surface area contributed by atoms with Crippen molar-refractivity contribution in [1.29, 1.82) is 0 Å². The Morgan fingerprint density at radius 1 is 0.692 bits per heavy atom. The van der Waals surface area contributed by atoms with Gasteiger partial charge in [0.15, 0.2) is 0 Å². The molecule has 0 aliphatic carbocycles. The normalized spacial score (nSPS) is 11.0. The molecule has 26 heavy (non-hydrogen) atoms. The third kappa shape index (κ3) is 3.41. The molecule has 0 amide bonds. The number of nitrogen functional groups attached to an aromatic ring is 1. The van der Waals surface area contributed by atoms with Gasteiger partial charge in [-0.05, 0) is 58.3 Å². The highest BCUT2D eigenvalue weighted by atomic mass is 35.5. The van der Waals surface area contributed by atoms with Gasteiger partial charge in [-0.2, -0.15) is 0 Å². The van der Waals surface area contributed by atoms with Gasteiger partial charge in [0.2, 0.25) is 0 Å². The average molecular weight is 396 g/mol. The Morgan fingerprint density at radius 3 is 2.31 bits per heavy atom. The molecule has 1 nitrogen and oxygen atoms in total. The van der Waals surface area contributed by atoms with Crippen molar-refractivity contribution < 1.29 is 0 Å². The minimum absolute atomic E-state index is 0.647. The molecule has 0 atom stereocenters. The lowest BCUT2D eigenvalue weighted by atomic mass is 9.98. The molecule has 0 heterocycles. The summed E-state index contributed by atoms with van der Waals surface area (Å²) >= 11 is 14.3. The van der Waals surface area contributed by atoms with E-state index in [1.54, 1.807) is 17.8 Å². The number of halogens is 2. The van der Waals surface area contributed by atoms with Gasteiger partial charge in [0, 0.05) is 20.5 Å². The van der Waals surface area contributed by atoms with Crippen molar-refractivity contribution in [3.05, 3.63) is 88.9 Å². The van der Waals surface area contributed by atoms with Crippen LogP contribution in [0.15, 0.2) is 88.7 Å². The maximum Gasteiger partial charge on any atom is 0.0565 e. The van der Waals surface area contributed by atoms with Crippen molar-refractivity contribution in [2.24, 2.45) is 0 Å². The van der Waals surface area contributed by atoms with Crippen molar-refractivity contribution in [2.45, 2.75) is 9.79 Å². The predicted molar refractivity (Wildman–Crippen MR) is 114 cm³/mol. The molecule has 4 heteroatoms. The molecule has 2 N–H and O–H groups in total. The molecule has 0 aliphatic rings. The molecule has 0 fully saturated rings. The number of hydrogen-bond donors (Lipinski definition) is 1. The minimum Gasteiger partial charge on any atom is -0.399 e. The lowest BCUT2D eigenvalue weighted by Crippen LogP contribution is -1.87. The van der Waals surface area contributed by atoms with Crippen LogP contribution >= 0.6 is 35.0 Å². The number of anilines is 1. The van der Waals surface area contributed by atoms with Crippen LogP contribution in [0.3, 0.4) is 0 Å². The van der Waals surface area contributed by atoms with Crippen LogP contribution < -0.4 is 5.73 Å². The summed E-state index contributed by atoms with van der Waals surface area (Å²) < 4.78 is 0. The maximum absolute atomic E-state index is 6.38. The fourth-order valence-corrected chi connectivity index (χ4v) is 4.40. The van der Waals surface area contributed by atoms with E-state index in [0.717, 1.165) is 20.9 Å². The van der Waals surface area contributed by atoms with Crippen molar-refractivity contribution in [1.82, 2.24) is 0 Å². The standard InChI is InChI=1S/C22H15Cl2NS/c23-15-8-10-21(26-22-11-9-16(25)13-20(22)24)19(12-15)18-7-3-5-14-4-1-2-6-17(14)18/h1-13H,25H2. The second kappa shape index (κ2) is 7.24. The first kappa shape index (κ1) is 17.3. The SMILES string of the molecule is Nc1ccc(Sc2ccc(Cl)cc2-c2cccc3ccccc23)c(Cl)c1. The van der Waals surface area contributed by atoms with Crippen molar-refractivity contribution in [3.63, 3.8) is 0 Å². The Labute approximate surface area is 166 Å². The Morgan fingerprint density at radius 2 is 1.46 bits per heavy atom. The van der Waals surface area contributed by atoms with Gasteiger partial charge in [0.1, 0.15) is 0 Å². The number of fused-ring (bicyclic) bond motifs is 1. The fraction of sp³-hybridized carbons (Fsp3) is 0. The topological polar surface area (TPSA) is 26.0 Å². The van der Waals surface area contributed by atoms with Crippen LogP contribution in [0.1, 0.15) is 0 Å². The molecule has 0 aromatic heterocycles. The van der Waals surface area contributed by atoms with Gasteiger partial charge in [-0.25, -0.2) is 0 Å². The third-order valence-corrected chi connectivity index (χ3v) is 6.01. The first-order valence-corrected chi connectivity index (χ1v) is 9.69. The average Bonchev–Trinajstić information content (AvgIpc) is 2.65. The summed E-state index contributed by atoms with van der Waals surface area (Å²) in [6.07, 6.45) is 0. The lowest BCUT2D eigenvalue weighted by molar-refractivity contribution is 1.40. The molecule has 0 saturated carbocycles. The van der Waals surface area contributed by atoms with Gasteiger partial charge in [-0.3, -0.25) is 0 Å². The van der Waals surface area contributed by atoms with Gasteiger partial charge in [-0.15, -0.1) is 0 Å². The molecule has 0 unspecified atom stereocenters. The molecular weight excluding hydrogens is 381 g/mol. The summed E-state index contributed by atoms with van der Waals surface area (Å²) in [7, 11) is 0. The molecule has 0 spiro atoms. The number of rotatable bonds is 3. The first-order chi connectivity index (χ1) is 12.6. The number of benzene rings is 4. The van der Waals surface area contributed by atoms with Crippen LogP contribution in [-0.2, 0) is 0 Å². The molecule has 0 saturated heterocycles. The van der Waals surface area contributed by atoms with Crippen LogP contribution in [0.25, 0.3) is 21.9 Å². The number of hydrogen-bond acceptors (Lipinski definition) is 2. The van der Waals surface area contributed by atoms with Crippen LogP contribution in [0.4, 0.5) is 5.69 Å². The zero-order chi connectivity index (χ0) is 18.1. The van der Waals surface area contributed by atoms with E-state index in [1.165, 1.54) is 10.8 Å². The highest BCUT2D eigenvalue weighted by molar-refractivity contribution is 7.99. The summed E-state index contributed by atoms with van der Waals surface area (Å²) in [5, 5.41) is 3.75. The summed E-state index contributed by atoms with van der Waals surface area (Å²) in [4.78, 5) is 2.06. The van der Waals surface area contributed by atoms with E-state index in [2.05, 4.69) is 36.4 Å². The lowest BCUT2D eigenvalue weighted by Gasteiger charge is -2.13. The molecular formula is C22H15Cl2NS. The van der Waals surface area contributed by atoms with Gasteiger partial charge in [0.25, 0.3) is 0 Å². The Hall–Kier alpha value is -2.13.